The van der Waals surface area contributed by atoms with Gasteiger partial charge in [0.05, 0.1) is 36.9 Å². The number of rotatable bonds is 6. The Hall–Kier alpha value is -4.33. The highest BCUT2D eigenvalue weighted by atomic mass is 16.6. The zero-order valence-electron chi connectivity index (χ0n) is 18.4. The number of methoxy groups -OCH3 is 1. The molecule has 0 saturated carbocycles. The van der Waals surface area contributed by atoms with Crippen molar-refractivity contribution in [3.8, 4) is 17.2 Å². The summed E-state index contributed by atoms with van der Waals surface area (Å²) < 4.78 is 16.9. The van der Waals surface area contributed by atoms with Crippen molar-refractivity contribution in [2.24, 2.45) is 0 Å². The third-order valence-corrected chi connectivity index (χ3v) is 5.79. The predicted molar refractivity (Wildman–Crippen MR) is 122 cm³/mol. The Balaban J connectivity index is 1.28. The molecule has 0 fully saturated rings. The van der Waals surface area contributed by atoms with E-state index in [-0.39, 0.29) is 36.9 Å². The van der Waals surface area contributed by atoms with Crippen LogP contribution in [0.5, 0.6) is 17.2 Å². The van der Waals surface area contributed by atoms with Crippen molar-refractivity contribution in [3.63, 3.8) is 0 Å². The summed E-state index contributed by atoms with van der Waals surface area (Å²) in [5.74, 6) is 0.633. The average molecular weight is 458 g/mol. The van der Waals surface area contributed by atoms with Crippen LogP contribution in [-0.4, -0.2) is 49.0 Å². The summed E-state index contributed by atoms with van der Waals surface area (Å²) in [6.45, 7) is 0.597. The molecule has 3 amide bonds. The number of carbonyl (C=O) groups excluding carboxylic acids is 3. The molecule has 2 aliphatic rings. The molecule has 0 aromatic heterocycles. The van der Waals surface area contributed by atoms with Gasteiger partial charge in [-0.15, -0.1) is 0 Å². The maximum atomic E-state index is 13.0. The number of hydrogen-bond acceptors (Lipinski definition) is 6. The van der Waals surface area contributed by atoms with Crippen molar-refractivity contribution in [3.05, 3.63) is 89.0 Å². The number of carbonyl (C=O) groups is 3. The second-order valence-electron chi connectivity index (χ2n) is 7.98. The van der Waals surface area contributed by atoms with Gasteiger partial charge in [-0.05, 0) is 42.0 Å². The maximum Gasteiger partial charge on any atom is 0.261 e. The van der Waals surface area contributed by atoms with Crippen LogP contribution < -0.4 is 19.5 Å². The molecule has 2 heterocycles. The molecule has 1 atom stereocenters. The van der Waals surface area contributed by atoms with Gasteiger partial charge in [0.25, 0.3) is 17.7 Å². The predicted octanol–water partition coefficient (Wildman–Crippen LogP) is 3.06. The van der Waals surface area contributed by atoms with Gasteiger partial charge in [-0.1, -0.05) is 30.3 Å². The van der Waals surface area contributed by atoms with Gasteiger partial charge in [-0.2, -0.15) is 0 Å². The Labute approximate surface area is 196 Å². The lowest BCUT2D eigenvalue weighted by Crippen LogP contribution is -2.40. The van der Waals surface area contributed by atoms with Gasteiger partial charge in [-0.25, -0.2) is 0 Å². The van der Waals surface area contributed by atoms with Gasteiger partial charge in [-0.3, -0.25) is 19.3 Å². The molecule has 8 heteroatoms. The van der Waals surface area contributed by atoms with Crippen LogP contribution in [0.1, 0.15) is 36.6 Å². The zero-order chi connectivity index (χ0) is 23.7. The van der Waals surface area contributed by atoms with E-state index >= 15 is 0 Å². The molecule has 1 unspecified atom stereocenters. The fourth-order valence-electron chi connectivity index (χ4n) is 4.06. The summed E-state index contributed by atoms with van der Waals surface area (Å²) in [4.78, 5) is 39.5. The molecule has 3 aromatic carbocycles. The van der Waals surface area contributed by atoms with Crippen molar-refractivity contribution < 1.29 is 28.6 Å². The molecule has 1 N–H and O–H groups in total. The lowest BCUT2D eigenvalue weighted by Gasteiger charge is -2.26. The first kappa shape index (κ1) is 21.5. The number of nitrogens with one attached hydrogen (secondary N) is 1. The van der Waals surface area contributed by atoms with Crippen LogP contribution in [0.2, 0.25) is 0 Å². The van der Waals surface area contributed by atoms with Crippen LogP contribution in [0, 0.1) is 0 Å². The molecule has 0 radical (unpaired) electrons. The van der Waals surface area contributed by atoms with E-state index in [0.29, 0.717) is 46.1 Å². The minimum atomic E-state index is -0.358. The first-order valence-electron chi connectivity index (χ1n) is 10.8. The van der Waals surface area contributed by atoms with Crippen molar-refractivity contribution in [1.82, 2.24) is 10.2 Å². The van der Waals surface area contributed by atoms with E-state index in [0.717, 1.165) is 0 Å². The van der Waals surface area contributed by atoms with Crippen LogP contribution in [-0.2, 0) is 6.54 Å². The Morgan fingerprint density at radius 1 is 1.00 bits per heavy atom. The van der Waals surface area contributed by atoms with Crippen LogP contribution in [0.3, 0.4) is 0 Å². The lowest BCUT2D eigenvalue weighted by atomic mass is 10.1. The summed E-state index contributed by atoms with van der Waals surface area (Å²) in [7, 11) is 1.48. The highest BCUT2D eigenvalue weighted by molar-refractivity contribution is 6.21. The van der Waals surface area contributed by atoms with Crippen molar-refractivity contribution in [1.29, 1.82) is 0 Å². The Bertz CT molecular complexity index is 1250. The fourth-order valence-corrected chi connectivity index (χ4v) is 4.06. The number of fused-ring (bicyclic) bond motifs is 2. The number of imide groups is 1. The van der Waals surface area contributed by atoms with E-state index in [1.807, 2.05) is 24.3 Å². The van der Waals surface area contributed by atoms with Crippen LogP contribution in [0.4, 0.5) is 0 Å². The smallest absolute Gasteiger partial charge is 0.261 e. The average Bonchev–Trinajstić information content (AvgIpc) is 3.12. The fraction of sp³-hybridized carbons (Fsp3) is 0.192. The summed E-state index contributed by atoms with van der Waals surface area (Å²) in [6.07, 6.45) is -0.341. The molecule has 0 spiro atoms. The summed E-state index contributed by atoms with van der Waals surface area (Å²) in [5, 5.41) is 2.86. The number of hydrogen-bond donors (Lipinski definition) is 1. The van der Waals surface area contributed by atoms with Gasteiger partial charge in [0.2, 0.25) is 0 Å². The quantitative estimate of drug-likeness (QED) is 0.571. The molecule has 8 nitrogen and oxygen atoms in total. The third-order valence-electron chi connectivity index (χ3n) is 5.79. The van der Waals surface area contributed by atoms with Crippen LogP contribution >= 0.6 is 0 Å². The molecule has 5 rings (SSSR count). The first-order chi connectivity index (χ1) is 16.5. The second kappa shape index (κ2) is 8.90. The molecule has 0 saturated heterocycles. The van der Waals surface area contributed by atoms with Gasteiger partial charge in [0.1, 0.15) is 18.5 Å². The highest BCUT2D eigenvalue weighted by Gasteiger charge is 2.35. The third kappa shape index (κ3) is 3.94. The Kier molecular flexibility index (Phi) is 5.63. The highest BCUT2D eigenvalue weighted by Crippen LogP contribution is 2.31. The SMILES string of the molecule is COc1ccc(CN2C(=O)c3ccccc3C2=O)cc1C(=O)NCC1COc2ccccc2O1. The van der Waals surface area contributed by atoms with Crippen molar-refractivity contribution >= 4 is 17.7 Å². The van der Waals surface area contributed by atoms with E-state index in [9.17, 15) is 14.4 Å². The molecular weight excluding hydrogens is 436 g/mol. The van der Waals surface area contributed by atoms with E-state index in [4.69, 9.17) is 14.2 Å². The number of amides is 3. The van der Waals surface area contributed by atoms with Gasteiger partial charge >= 0.3 is 0 Å². The largest absolute Gasteiger partial charge is 0.496 e. The molecule has 2 aliphatic heterocycles. The number of nitrogens with zero attached hydrogens (tertiary/aromatic N) is 1. The van der Waals surface area contributed by atoms with E-state index in [1.54, 1.807) is 42.5 Å². The van der Waals surface area contributed by atoms with Gasteiger partial charge in [0.15, 0.2) is 11.5 Å². The number of benzene rings is 3. The van der Waals surface area contributed by atoms with Crippen LogP contribution in [0.15, 0.2) is 66.7 Å². The molecule has 34 heavy (non-hydrogen) atoms. The molecule has 172 valence electrons. The lowest BCUT2D eigenvalue weighted by molar-refractivity contribution is 0.0642. The molecule has 0 aliphatic carbocycles. The van der Waals surface area contributed by atoms with Gasteiger partial charge < -0.3 is 19.5 Å². The van der Waals surface area contributed by atoms with Crippen molar-refractivity contribution in [2.75, 3.05) is 20.3 Å². The normalized spacial score (nSPS) is 16.3. The number of para-hydroxylation sites is 2. The summed E-state index contributed by atoms with van der Waals surface area (Å²) in [5.41, 5.74) is 1.70. The minimum absolute atomic E-state index is 0.0486. The minimum Gasteiger partial charge on any atom is -0.496 e. The molecular formula is C26H22N2O6. The van der Waals surface area contributed by atoms with Crippen molar-refractivity contribution in [2.45, 2.75) is 12.6 Å². The second-order valence-corrected chi connectivity index (χ2v) is 7.98. The number of ether oxygens (including phenoxy) is 3. The maximum absolute atomic E-state index is 13.0. The van der Waals surface area contributed by atoms with E-state index in [2.05, 4.69) is 5.32 Å². The van der Waals surface area contributed by atoms with Crippen LogP contribution in [0.25, 0.3) is 0 Å². The van der Waals surface area contributed by atoms with E-state index in [1.165, 1.54) is 12.0 Å². The zero-order valence-corrected chi connectivity index (χ0v) is 18.4. The molecule has 0 bridgehead atoms. The summed E-state index contributed by atoms with van der Waals surface area (Å²) >= 11 is 0. The topological polar surface area (TPSA) is 94.2 Å². The first-order valence-corrected chi connectivity index (χ1v) is 10.8. The standard InChI is InChI=1S/C26H22N2O6/c1-32-21-11-10-16(14-28-25(30)18-6-2-3-7-19(18)26(28)31)12-20(21)24(29)27-13-17-15-33-22-8-4-5-9-23(22)34-17/h2-12,17H,13-15H2,1H3,(H,27,29). The summed E-state index contributed by atoms with van der Waals surface area (Å²) in [6, 6.07) is 19.1. The van der Waals surface area contributed by atoms with E-state index < -0.39 is 0 Å². The Morgan fingerprint density at radius 3 is 2.38 bits per heavy atom. The monoisotopic (exact) mass is 458 g/mol. The van der Waals surface area contributed by atoms with Gasteiger partial charge in [0, 0.05) is 0 Å². The molecule has 3 aromatic rings. The Morgan fingerprint density at radius 2 is 1.68 bits per heavy atom.